The van der Waals surface area contributed by atoms with Gasteiger partial charge >= 0.3 is 0 Å². The Bertz CT molecular complexity index is 437. The van der Waals surface area contributed by atoms with E-state index in [1.807, 2.05) is 0 Å². The van der Waals surface area contributed by atoms with Crippen molar-refractivity contribution in [1.29, 1.82) is 0 Å². The zero-order chi connectivity index (χ0) is 9.97. The highest BCUT2D eigenvalue weighted by Gasteiger charge is 2.03. The number of nitrogens with two attached hydrogens (primary N) is 1. The summed E-state index contributed by atoms with van der Waals surface area (Å²) in [4.78, 5) is 5.80. The van der Waals surface area contributed by atoms with E-state index in [0.29, 0.717) is 6.54 Å². The van der Waals surface area contributed by atoms with Crippen LogP contribution in [0.15, 0.2) is 23.1 Å². The lowest BCUT2D eigenvalue weighted by Gasteiger charge is -1.93. The molecule has 0 fully saturated rings. The van der Waals surface area contributed by atoms with E-state index in [-0.39, 0.29) is 0 Å². The number of benzene rings is 1. The predicted octanol–water partition coefficient (Wildman–Crippen LogP) is 2.52. The highest BCUT2D eigenvalue weighted by molar-refractivity contribution is 7.98. The Morgan fingerprint density at radius 1 is 1.50 bits per heavy atom. The van der Waals surface area contributed by atoms with E-state index in [4.69, 9.17) is 5.73 Å². The second-order valence-corrected chi connectivity index (χ2v) is 4.97. The largest absolute Gasteiger partial charge is 0.330 e. The molecule has 2 aromatic rings. The number of aromatic nitrogens is 1. The van der Waals surface area contributed by atoms with Crippen molar-refractivity contribution >= 4 is 33.3 Å². The molecule has 0 aliphatic rings. The smallest absolute Gasteiger partial charge is 0.0951 e. The summed E-state index contributed by atoms with van der Waals surface area (Å²) in [5, 5.41) is 1.14. The monoisotopic (exact) mass is 224 g/mol. The summed E-state index contributed by atoms with van der Waals surface area (Å²) in [5.74, 6) is 0. The Morgan fingerprint density at radius 2 is 2.36 bits per heavy atom. The van der Waals surface area contributed by atoms with Gasteiger partial charge in [0.1, 0.15) is 0 Å². The molecule has 2 N–H and O–H groups in total. The Labute approximate surface area is 91.5 Å². The number of thiazole rings is 1. The molecule has 74 valence electrons. The van der Waals surface area contributed by atoms with Crippen molar-refractivity contribution in [2.24, 2.45) is 5.73 Å². The molecule has 0 unspecified atom stereocenters. The SMILES string of the molecule is CSc1ccc2nc(CCN)sc2c1. The summed E-state index contributed by atoms with van der Waals surface area (Å²) in [7, 11) is 0. The molecule has 0 aliphatic heterocycles. The third-order valence-electron chi connectivity index (χ3n) is 2.00. The van der Waals surface area contributed by atoms with Crippen molar-refractivity contribution < 1.29 is 0 Å². The van der Waals surface area contributed by atoms with E-state index in [0.717, 1.165) is 16.9 Å². The summed E-state index contributed by atoms with van der Waals surface area (Å²) in [5.41, 5.74) is 6.59. The summed E-state index contributed by atoms with van der Waals surface area (Å²) in [6, 6.07) is 6.38. The van der Waals surface area contributed by atoms with Gasteiger partial charge < -0.3 is 5.73 Å². The second-order valence-electron chi connectivity index (χ2n) is 2.98. The minimum Gasteiger partial charge on any atom is -0.330 e. The van der Waals surface area contributed by atoms with Crippen LogP contribution in [0, 0.1) is 0 Å². The molecule has 2 rings (SSSR count). The zero-order valence-corrected chi connectivity index (χ0v) is 9.62. The van der Waals surface area contributed by atoms with Crippen LogP contribution in [0.25, 0.3) is 10.2 Å². The van der Waals surface area contributed by atoms with Crippen LogP contribution < -0.4 is 5.73 Å². The number of hydrogen-bond acceptors (Lipinski definition) is 4. The molecule has 1 heterocycles. The van der Waals surface area contributed by atoms with Crippen molar-refractivity contribution in [3.63, 3.8) is 0 Å². The van der Waals surface area contributed by atoms with Crippen LogP contribution in [-0.4, -0.2) is 17.8 Å². The minimum absolute atomic E-state index is 0.676. The molecule has 0 spiro atoms. The lowest BCUT2D eigenvalue weighted by atomic mass is 10.3. The van der Waals surface area contributed by atoms with Gasteiger partial charge in [-0.2, -0.15) is 0 Å². The molecule has 0 bridgehead atoms. The zero-order valence-electron chi connectivity index (χ0n) is 7.99. The van der Waals surface area contributed by atoms with Gasteiger partial charge in [-0.05, 0) is 31.0 Å². The number of rotatable bonds is 3. The Kier molecular flexibility index (Phi) is 3.05. The molecule has 0 atom stereocenters. The molecule has 4 heteroatoms. The first-order chi connectivity index (χ1) is 6.83. The first kappa shape index (κ1) is 9.96. The van der Waals surface area contributed by atoms with Crippen molar-refractivity contribution in [1.82, 2.24) is 4.98 Å². The predicted molar refractivity (Wildman–Crippen MR) is 64.2 cm³/mol. The van der Waals surface area contributed by atoms with E-state index in [9.17, 15) is 0 Å². The molecular weight excluding hydrogens is 212 g/mol. The van der Waals surface area contributed by atoms with E-state index in [2.05, 4.69) is 29.4 Å². The Hall–Kier alpha value is -0.580. The normalized spacial score (nSPS) is 11.0. The minimum atomic E-state index is 0.676. The van der Waals surface area contributed by atoms with Crippen molar-refractivity contribution in [2.75, 3.05) is 12.8 Å². The van der Waals surface area contributed by atoms with Crippen LogP contribution in [0.4, 0.5) is 0 Å². The van der Waals surface area contributed by atoms with Crippen molar-refractivity contribution in [3.8, 4) is 0 Å². The maximum Gasteiger partial charge on any atom is 0.0951 e. The fraction of sp³-hybridized carbons (Fsp3) is 0.300. The first-order valence-corrected chi connectivity index (χ1v) is 6.51. The molecule has 0 saturated heterocycles. The molecule has 0 saturated carbocycles. The van der Waals surface area contributed by atoms with Gasteiger partial charge in [0.2, 0.25) is 0 Å². The van der Waals surface area contributed by atoms with Crippen LogP contribution in [-0.2, 0) is 6.42 Å². The van der Waals surface area contributed by atoms with E-state index >= 15 is 0 Å². The third kappa shape index (κ3) is 1.92. The van der Waals surface area contributed by atoms with Crippen LogP contribution in [0.2, 0.25) is 0 Å². The molecule has 1 aromatic carbocycles. The average Bonchev–Trinajstić information content (AvgIpc) is 2.59. The Balaban J connectivity index is 2.43. The lowest BCUT2D eigenvalue weighted by molar-refractivity contribution is 0.958. The number of nitrogens with zero attached hydrogens (tertiary/aromatic N) is 1. The third-order valence-corrected chi connectivity index (χ3v) is 3.80. The van der Waals surface area contributed by atoms with Crippen molar-refractivity contribution in [3.05, 3.63) is 23.2 Å². The van der Waals surface area contributed by atoms with Crippen LogP contribution in [0.1, 0.15) is 5.01 Å². The summed E-state index contributed by atoms with van der Waals surface area (Å²) in [6.45, 7) is 0.676. The van der Waals surface area contributed by atoms with Gasteiger partial charge in [-0.1, -0.05) is 0 Å². The highest BCUT2D eigenvalue weighted by atomic mass is 32.2. The first-order valence-electron chi connectivity index (χ1n) is 4.47. The van der Waals surface area contributed by atoms with Gasteiger partial charge in [-0.15, -0.1) is 23.1 Å². The highest BCUT2D eigenvalue weighted by Crippen LogP contribution is 2.26. The van der Waals surface area contributed by atoms with Gasteiger partial charge in [0.05, 0.1) is 15.2 Å². The van der Waals surface area contributed by atoms with Crippen LogP contribution in [0.5, 0.6) is 0 Å². The number of hydrogen-bond donors (Lipinski definition) is 1. The van der Waals surface area contributed by atoms with Gasteiger partial charge in [0.25, 0.3) is 0 Å². The topological polar surface area (TPSA) is 38.9 Å². The maximum atomic E-state index is 5.50. The van der Waals surface area contributed by atoms with Gasteiger partial charge in [0.15, 0.2) is 0 Å². The fourth-order valence-corrected chi connectivity index (χ4v) is 2.85. The number of fused-ring (bicyclic) bond motifs is 1. The molecule has 0 amide bonds. The summed E-state index contributed by atoms with van der Waals surface area (Å²) in [6.07, 6.45) is 2.97. The fourth-order valence-electron chi connectivity index (χ4n) is 1.31. The van der Waals surface area contributed by atoms with Crippen LogP contribution in [0.3, 0.4) is 0 Å². The van der Waals surface area contributed by atoms with E-state index < -0.39 is 0 Å². The van der Waals surface area contributed by atoms with Gasteiger partial charge in [0, 0.05) is 11.3 Å². The van der Waals surface area contributed by atoms with E-state index in [1.165, 1.54) is 9.60 Å². The second kappa shape index (κ2) is 4.29. The molecule has 14 heavy (non-hydrogen) atoms. The quantitative estimate of drug-likeness (QED) is 0.814. The molecule has 0 radical (unpaired) electrons. The summed E-state index contributed by atoms with van der Waals surface area (Å²) >= 11 is 3.51. The van der Waals surface area contributed by atoms with Gasteiger partial charge in [-0.3, -0.25) is 0 Å². The summed E-state index contributed by atoms with van der Waals surface area (Å²) < 4.78 is 1.26. The average molecular weight is 224 g/mol. The standard InChI is InChI=1S/C10H12N2S2/c1-13-7-2-3-8-9(6-7)14-10(12-8)4-5-11/h2-3,6H,4-5,11H2,1H3. The molecule has 1 aromatic heterocycles. The van der Waals surface area contributed by atoms with Crippen LogP contribution >= 0.6 is 23.1 Å². The molecular formula is C10H12N2S2. The molecule has 0 aliphatic carbocycles. The Morgan fingerprint density at radius 3 is 3.07 bits per heavy atom. The maximum absolute atomic E-state index is 5.50. The lowest BCUT2D eigenvalue weighted by Crippen LogP contribution is -2.01. The molecule has 2 nitrogen and oxygen atoms in total. The van der Waals surface area contributed by atoms with Crippen molar-refractivity contribution in [2.45, 2.75) is 11.3 Å². The van der Waals surface area contributed by atoms with E-state index in [1.54, 1.807) is 23.1 Å². The number of thioether (sulfide) groups is 1. The van der Waals surface area contributed by atoms with Gasteiger partial charge in [-0.25, -0.2) is 4.98 Å².